The summed E-state index contributed by atoms with van der Waals surface area (Å²) in [6.45, 7) is 0. The van der Waals surface area contributed by atoms with Crippen molar-refractivity contribution in [2.75, 3.05) is 0 Å². The number of para-hydroxylation sites is 1. The number of nitrogens with zero attached hydrogens (tertiary/aromatic N) is 1. The van der Waals surface area contributed by atoms with E-state index in [2.05, 4.69) is 4.99 Å². The second-order valence-corrected chi connectivity index (χ2v) is 6.57. The summed E-state index contributed by atoms with van der Waals surface area (Å²) < 4.78 is 5.48. The lowest BCUT2D eigenvalue weighted by Gasteiger charge is -2.08. The summed E-state index contributed by atoms with van der Waals surface area (Å²) in [5.74, 6) is -0.194. The normalized spacial score (nSPS) is 10.9. The highest BCUT2D eigenvalue weighted by Crippen LogP contribution is 2.24. The number of aliphatic imine (C=N–C) groups is 1. The molecule has 0 amide bonds. The highest BCUT2D eigenvalue weighted by molar-refractivity contribution is 6.36. The second-order valence-electron chi connectivity index (χ2n) is 5.29. The van der Waals surface area contributed by atoms with Crippen LogP contribution < -0.4 is 4.74 Å². The lowest BCUT2D eigenvalue weighted by molar-refractivity contribution is 0.0734. The van der Waals surface area contributed by atoms with Gasteiger partial charge in [-0.2, -0.15) is 0 Å². The fourth-order valence-electron chi connectivity index (χ4n) is 2.16. The number of carbonyl (C=O) groups excluding carboxylic acids is 1. The maximum Gasteiger partial charge on any atom is 0.345 e. The Morgan fingerprint density at radius 2 is 1.58 bits per heavy atom. The molecule has 130 valence electrons. The molecule has 0 bridgehead atoms. The van der Waals surface area contributed by atoms with E-state index in [0.29, 0.717) is 21.4 Å². The Morgan fingerprint density at radius 1 is 0.885 bits per heavy atom. The first-order valence-electron chi connectivity index (χ1n) is 7.59. The van der Waals surface area contributed by atoms with E-state index in [-0.39, 0.29) is 10.6 Å². The molecule has 0 N–H and O–H groups in total. The zero-order valence-electron chi connectivity index (χ0n) is 13.3. The first-order valence-corrected chi connectivity index (χ1v) is 8.72. The first kappa shape index (κ1) is 18.5. The van der Waals surface area contributed by atoms with Gasteiger partial charge in [-0.25, -0.2) is 4.79 Å². The number of hydrogen-bond donors (Lipinski definition) is 0. The van der Waals surface area contributed by atoms with E-state index >= 15 is 0 Å². The lowest BCUT2D eigenvalue weighted by Crippen LogP contribution is -2.10. The van der Waals surface area contributed by atoms with Gasteiger partial charge in [0.15, 0.2) is 0 Å². The Bertz CT molecular complexity index is 969. The van der Waals surface area contributed by atoms with Crippen LogP contribution in [-0.4, -0.2) is 12.2 Å². The van der Waals surface area contributed by atoms with E-state index in [4.69, 9.17) is 39.5 Å². The molecule has 0 heterocycles. The van der Waals surface area contributed by atoms with Crippen molar-refractivity contribution in [1.29, 1.82) is 0 Å². The molecule has 0 atom stereocenters. The molecule has 6 heteroatoms. The van der Waals surface area contributed by atoms with Crippen molar-refractivity contribution in [1.82, 2.24) is 0 Å². The van der Waals surface area contributed by atoms with Crippen molar-refractivity contribution < 1.29 is 9.53 Å². The Kier molecular flexibility index (Phi) is 5.94. The molecule has 0 saturated carbocycles. The molecule has 0 fully saturated rings. The highest BCUT2D eigenvalue weighted by atomic mass is 35.5. The number of halogens is 3. The Balaban J connectivity index is 1.82. The van der Waals surface area contributed by atoms with Crippen molar-refractivity contribution in [3.05, 3.63) is 92.9 Å². The van der Waals surface area contributed by atoms with Crippen LogP contribution in [0.1, 0.15) is 15.9 Å². The smallest absolute Gasteiger partial charge is 0.345 e. The van der Waals surface area contributed by atoms with Crippen LogP contribution in [0.2, 0.25) is 15.1 Å². The summed E-state index contributed by atoms with van der Waals surface area (Å²) in [5.41, 5.74) is 1.62. The van der Waals surface area contributed by atoms with E-state index in [1.165, 1.54) is 12.1 Å². The molecule has 0 aliphatic heterocycles. The lowest BCUT2D eigenvalue weighted by atomic mass is 10.2. The van der Waals surface area contributed by atoms with Crippen molar-refractivity contribution in [3.63, 3.8) is 0 Å². The molecular weight excluding hydrogens is 393 g/mol. The van der Waals surface area contributed by atoms with Gasteiger partial charge < -0.3 is 4.74 Å². The van der Waals surface area contributed by atoms with Gasteiger partial charge in [-0.1, -0.05) is 46.9 Å². The summed E-state index contributed by atoms with van der Waals surface area (Å²) in [5, 5.41) is 1.31. The standard InChI is InChI=1S/C20H12Cl3NO2/c21-14-5-8-16(9-6-14)24-12-13-3-1-2-4-19(13)26-20(25)17-10-7-15(22)11-18(17)23/h1-12H. The van der Waals surface area contributed by atoms with E-state index in [1.54, 1.807) is 54.7 Å². The van der Waals surface area contributed by atoms with Crippen LogP contribution in [0.15, 0.2) is 71.7 Å². The first-order chi connectivity index (χ1) is 12.5. The minimum Gasteiger partial charge on any atom is -0.422 e. The molecule has 0 aliphatic carbocycles. The number of carbonyl (C=O) groups is 1. The largest absolute Gasteiger partial charge is 0.422 e. The van der Waals surface area contributed by atoms with E-state index in [0.717, 1.165) is 5.69 Å². The quantitative estimate of drug-likeness (QED) is 0.278. The van der Waals surface area contributed by atoms with Crippen LogP contribution in [0.5, 0.6) is 5.75 Å². The fourth-order valence-corrected chi connectivity index (χ4v) is 2.77. The Hall–Kier alpha value is -2.33. The molecule has 0 spiro atoms. The molecule has 26 heavy (non-hydrogen) atoms. The zero-order valence-corrected chi connectivity index (χ0v) is 15.6. The maximum absolute atomic E-state index is 12.4. The number of hydrogen-bond acceptors (Lipinski definition) is 3. The van der Waals surface area contributed by atoms with Gasteiger partial charge in [0, 0.05) is 21.8 Å². The van der Waals surface area contributed by atoms with Crippen molar-refractivity contribution >= 4 is 52.7 Å². The minimum absolute atomic E-state index is 0.231. The summed E-state index contributed by atoms with van der Waals surface area (Å²) in [4.78, 5) is 16.8. The average molecular weight is 405 g/mol. The summed E-state index contributed by atoms with van der Waals surface area (Å²) in [6.07, 6.45) is 1.62. The van der Waals surface area contributed by atoms with Gasteiger partial charge in [0.2, 0.25) is 0 Å². The number of esters is 1. The molecule has 3 aromatic rings. The molecule has 0 radical (unpaired) electrons. The van der Waals surface area contributed by atoms with Crippen LogP contribution in [0, 0.1) is 0 Å². The van der Waals surface area contributed by atoms with Gasteiger partial charge in [-0.15, -0.1) is 0 Å². The van der Waals surface area contributed by atoms with Crippen LogP contribution in [0.4, 0.5) is 5.69 Å². The van der Waals surface area contributed by atoms with Crippen LogP contribution >= 0.6 is 34.8 Å². The molecule has 3 nitrogen and oxygen atoms in total. The third-order valence-electron chi connectivity index (χ3n) is 3.45. The topological polar surface area (TPSA) is 38.7 Å². The van der Waals surface area contributed by atoms with Crippen molar-refractivity contribution in [2.45, 2.75) is 0 Å². The third kappa shape index (κ3) is 4.64. The van der Waals surface area contributed by atoms with E-state index < -0.39 is 5.97 Å². The molecular formula is C20H12Cl3NO2. The van der Waals surface area contributed by atoms with E-state index in [1.807, 2.05) is 6.07 Å². The summed E-state index contributed by atoms with van der Waals surface area (Å²) in [7, 11) is 0. The van der Waals surface area contributed by atoms with Crippen LogP contribution in [-0.2, 0) is 0 Å². The molecule has 0 aromatic heterocycles. The highest BCUT2D eigenvalue weighted by Gasteiger charge is 2.14. The Labute approximate surface area is 165 Å². The van der Waals surface area contributed by atoms with E-state index in [9.17, 15) is 4.79 Å². The predicted octanol–water partition coefficient (Wildman–Crippen LogP) is 6.62. The molecule has 3 rings (SSSR count). The van der Waals surface area contributed by atoms with Gasteiger partial charge in [-0.05, 0) is 54.6 Å². The monoisotopic (exact) mass is 403 g/mol. The SMILES string of the molecule is O=C(Oc1ccccc1C=Nc1ccc(Cl)cc1)c1ccc(Cl)cc1Cl. The molecule has 0 aliphatic rings. The van der Waals surface area contributed by atoms with Gasteiger partial charge in [0.25, 0.3) is 0 Å². The third-order valence-corrected chi connectivity index (χ3v) is 4.25. The van der Waals surface area contributed by atoms with Crippen molar-refractivity contribution in [2.24, 2.45) is 4.99 Å². The fraction of sp³-hybridized carbons (Fsp3) is 0. The van der Waals surface area contributed by atoms with Crippen LogP contribution in [0.25, 0.3) is 0 Å². The molecule has 0 unspecified atom stereocenters. The second kappa shape index (κ2) is 8.37. The summed E-state index contributed by atoms with van der Waals surface area (Å²) >= 11 is 17.8. The predicted molar refractivity (Wildman–Crippen MR) is 107 cm³/mol. The van der Waals surface area contributed by atoms with Crippen LogP contribution in [0.3, 0.4) is 0 Å². The van der Waals surface area contributed by atoms with Crippen molar-refractivity contribution in [3.8, 4) is 5.75 Å². The maximum atomic E-state index is 12.4. The van der Waals surface area contributed by atoms with Gasteiger partial charge >= 0.3 is 5.97 Å². The Morgan fingerprint density at radius 3 is 2.31 bits per heavy atom. The number of rotatable bonds is 4. The van der Waals surface area contributed by atoms with Gasteiger partial charge in [0.1, 0.15) is 5.75 Å². The number of ether oxygens (including phenoxy) is 1. The zero-order chi connectivity index (χ0) is 18.5. The summed E-state index contributed by atoms with van der Waals surface area (Å²) in [6, 6.07) is 18.8. The minimum atomic E-state index is -0.570. The molecule has 3 aromatic carbocycles. The number of benzene rings is 3. The van der Waals surface area contributed by atoms with Gasteiger partial charge in [0.05, 0.1) is 16.3 Å². The van der Waals surface area contributed by atoms with Gasteiger partial charge in [-0.3, -0.25) is 4.99 Å². The average Bonchev–Trinajstić information content (AvgIpc) is 2.62. The molecule has 0 saturated heterocycles.